The van der Waals surface area contributed by atoms with Crippen LogP contribution in [-0.4, -0.2) is 52.6 Å². The van der Waals surface area contributed by atoms with E-state index in [1.165, 1.54) is 18.6 Å². The first-order chi connectivity index (χ1) is 13.3. The lowest BCUT2D eigenvalue weighted by molar-refractivity contribution is -0.175. The van der Waals surface area contributed by atoms with Gasteiger partial charge in [-0.2, -0.15) is 0 Å². The van der Waals surface area contributed by atoms with Crippen molar-refractivity contribution in [2.75, 3.05) is 27.0 Å². The van der Waals surface area contributed by atoms with Gasteiger partial charge in [-0.3, -0.25) is 5.43 Å². The number of hydrogen-bond acceptors (Lipinski definition) is 10. The Hall–Kier alpha value is -2.42. The van der Waals surface area contributed by atoms with E-state index in [0.29, 0.717) is 5.70 Å². The van der Waals surface area contributed by atoms with Crippen LogP contribution in [0.1, 0.15) is 11.8 Å². The fourth-order valence-corrected chi connectivity index (χ4v) is 4.98. The fourth-order valence-electron chi connectivity index (χ4n) is 2.50. The van der Waals surface area contributed by atoms with E-state index in [1.807, 2.05) is 4.72 Å². The second-order valence-electron chi connectivity index (χ2n) is 5.64. The number of allylic oxidation sites excluding steroid dienone is 1. The van der Waals surface area contributed by atoms with Crippen molar-refractivity contribution >= 4 is 33.3 Å². The number of methoxy groups -OCH3 is 1. The molecule has 3 heterocycles. The molecular formula is C14H18FN5O6S2. The van der Waals surface area contributed by atoms with Crippen LogP contribution in [0, 0.1) is 0 Å². The molecule has 154 valence electrons. The average Bonchev–Trinajstić information content (AvgIpc) is 3.30. The molecule has 1 aromatic heterocycles. The highest BCUT2D eigenvalue weighted by atomic mass is 32.2. The zero-order valence-electron chi connectivity index (χ0n) is 14.9. The van der Waals surface area contributed by atoms with Gasteiger partial charge in [0.1, 0.15) is 11.6 Å². The summed E-state index contributed by atoms with van der Waals surface area (Å²) in [5, 5.41) is 6.21. The van der Waals surface area contributed by atoms with E-state index in [0.717, 1.165) is 16.6 Å². The summed E-state index contributed by atoms with van der Waals surface area (Å²) < 4.78 is 56.3. The molecule has 1 fully saturated rings. The van der Waals surface area contributed by atoms with Crippen LogP contribution in [0.15, 0.2) is 33.2 Å². The van der Waals surface area contributed by atoms with Crippen LogP contribution in [0.25, 0.3) is 0 Å². The smallest absolute Gasteiger partial charge is 0.350 e. The molecule has 1 saturated heterocycles. The highest BCUT2D eigenvalue weighted by Gasteiger charge is 2.44. The first-order valence-electron chi connectivity index (χ1n) is 7.92. The van der Waals surface area contributed by atoms with Crippen LogP contribution in [0.4, 0.5) is 9.18 Å². The van der Waals surface area contributed by atoms with Crippen LogP contribution in [0.5, 0.6) is 0 Å². The van der Waals surface area contributed by atoms with Crippen LogP contribution in [-0.2, 0) is 30.0 Å². The Balaban J connectivity index is 1.75. The molecule has 0 aromatic carbocycles. The zero-order valence-corrected chi connectivity index (χ0v) is 16.5. The number of hydrazone groups is 1. The van der Waals surface area contributed by atoms with Crippen molar-refractivity contribution in [1.82, 2.24) is 20.8 Å². The first kappa shape index (κ1) is 20.3. The maximum absolute atomic E-state index is 13.6. The van der Waals surface area contributed by atoms with Crippen molar-refractivity contribution in [3.63, 3.8) is 0 Å². The minimum Gasteiger partial charge on any atom is -0.480 e. The Kier molecular flexibility index (Phi) is 5.74. The van der Waals surface area contributed by atoms with Crippen molar-refractivity contribution in [3.05, 3.63) is 28.1 Å². The summed E-state index contributed by atoms with van der Waals surface area (Å²) in [5.41, 5.74) is 5.46. The number of carbonyl (C=O) groups excluding carboxylic acids is 1. The molecular weight excluding hydrogens is 417 g/mol. The number of amides is 2. The summed E-state index contributed by atoms with van der Waals surface area (Å²) in [4.78, 5) is 11.9. The third-order valence-electron chi connectivity index (χ3n) is 3.66. The van der Waals surface area contributed by atoms with E-state index in [2.05, 4.69) is 16.0 Å². The normalized spacial score (nSPS) is 18.8. The fraction of sp³-hybridized carbons (Fsp3) is 0.429. The van der Waals surface area contributed by atoms with E-state index in [4.69, 9.17) is 14.2 Å². The molecule has 3 rings (SSSR count). The maximum Gasteiger partial charge on any atom is 0.350 e. The predicted octanol–water partition coefficient (Wildman–Crippen LogP) is 0.504. The quantitative estimate of drug-likeness (QED) is 0.610. The highest BCUT2D eigenvalue weighted by molar-refractivity contribution is 7.90. The topological polar surface area (TPSA) is 131 Å². The van der Waals surface area contributed by atoms with Gasteiger partial charge in [-0.05, 0) is 18.4 Å². The standard InChI is InChI=1S/C14H18FN5O6S2/c1-9-7-11(24-2)17-20(16-9)18-13(21)19-28(22,23)10-3-6-27-12(10)14(8-15)25-4-5-26-14/h3,6-7,16H,4-5,8H2,1-2H3,(H2,18,19,21). The third-order valence-corrected chi connectivity index (χ3v) is 6.20. The van der Waals surface area contributed by atoms with E-state index in [1.54, 1.807) is 13.0 Å². The van der Waals surface area contributed by atoms with Gasteiger partial charge in [0, 0.05) is 11.8 Å². The summed E-state index contributed by atoms with van der Waals surface area (Å²) >= 11 is 0.954. The molecule has 0 bridgehead atoms. The molecule has 2 aliphatic rings. The Bertz CT molecular complexity index is 909. The van der Waals surface area contributed by atoms with Crippen molar-refractivity contribution in [3.8, 4) is 0 Å². The van der Waals surface area contributed by atoms with Gasteiger partial charge >= 0.3 is 6.03 Å². The molecule has 11 nitrogen and oxygen atoms in total. The molecule has 28 heavy (non-hydrogen) atoms. The highest BCUT2D eigenvalue weighted by Crippen LogP contribution is 2.39. The Morgan fingerprint density at radius 3 is 2.86 bits per heavy atom. The average molecular weight is 435 g/mol. The van der Waals surface area contributed by atoms with Gasteiger partial charge in [-0.25, -0.2) is 27.8 Å². The number of urea groups is 1. The van der Waals surface area contributed by atoms with Gasteiger partial charge in [0.25, 0.3) is 10.0 Å². The number of ether oxygens (including phenoxy) is 3. The Morgan fingerprint density at radius 2 is 2.21 bits per heavy atom. The molecule has 14 heteroatoms. The van der Waals surface area contributed by atoms with Crippen LogP contribution in [0.2, 0.25) is 0 Å². The number of nitrogens with one attached hydrogen (secondary N) is 3. The van der Waals surface area contributed by atoms with Gasteiger partial charge in [-0.1, -0.05) is 5.10 Å². The number of halogens is 1. The SMILES string of the molecule is COC1=NN(NC(=O)NS(=O)(=O)c2ccsc2C2(CF)OCCO2)NC(C)=C1. The van der Waals surface area contributed by atoms with Crippen molar-refractivity contribution < 1.29 is 31.8 Å². The molecule has 3 N–H and O–H groups in total. The Morgan fingerprint density at radius 1 is 1.50 bits per heavy atom. The van der Waals surface area contributed by atoms with Gasteiger partial charge in [-0.15, -0.1) is 16.6 Å². The van der Waals surface area contributed by atoms with Gasteiger partial charge in [0.05, 0.1) is 25.2 Å². The predicted molar refractivity (Wildman–Crippen MR) is 95.9 cm³/mol. The summed E-state index contributed by atoms with van der Waals surface area (Å²) in [6, 6.07) is 0.145. The lowest BCUT2D eigenvalue weighted by Gasteiger charge is -2.25. The number of rotatable bonds is 5. The lowest BCUT2D eigenvalue weighted by atomic mass is 10.2. The van der Waals surface area contributed by atoms with Crippen molar-refractivity contribution in [1.29, 1.82) is 0 Å². The van der Waals surface area contributed by atoms with Gasteiger partial charge < -0.3 is 14.2 Å². The largest absolute Gasteiger partial charge is 0.480 e. The van der Waals surface area contributed by atoms with Gasteiger partial charge in [0.15, 0.2) is 0 Å². The number of carbonyl (C=O) groups is 1. The van der Waals surface area contributed by atoms with E-state index in [-0.39, 0.29) is 28.9 Å². The summed E-state index contributed by atoms with van der Waals surface area (Å²) in [6.07, 6.45) is 1.57. The molecule has 0 saturated carbocycles. The maximum atomic E-state index is 13.6. The summed E-state index contributed by atoms with van der Waals surface area (Å²) in [7, 11) is -2.95. The number of hydrogen-bond donors (Lipinski definition) is 3. The van der Waals surface area contributed by atoms with E-state index >= 15 is 0 Å². The van der Waals surface area contributed by atoms with Crippen LogP contribution in [0.3, 0.4) is 0 Å². The molecule has 0 atom stereocenters. The molecule has 1 aromatic rings. The van der Waals surface area contributed by atoms with Crippen molar-refractivity contribution in [2.24, 2.45) is 5.10 Å². The van der Waals surface area contributed by atoms with Crippen LogP contribution >= 0.6 is 11.3 Å². The number of hydrazine groups is 2. The number of thiophene rings is 1. The third kappa shape index (κ3) is 4.04. The molecule has 0 aliphatic carbocycles. The number of sulfonamides is 1. The molecule has 0 radical (unpaired) electrons. The minimum absolute atomic E-state index is 0.0161. The number of alkyl halides is 1. The molecule has 2 amide bonds. The van der Waals surface area contributed by atoms with Gasteiger partial charge in [0.2, 0.25) is 11.7 Å². The Labute approximate surface area is 164 Å². The second-order valence-corrected chi connectivity index (χ2v) is 8.20. The molecule has 0 unspecified atom stereocenters. The zero-order chi connectivity index (χ0) is 20.4. The van der Waals surface area contributed by atoms with Crippen molar-refractivity contribution in [2.45, 2.75) is 17.6 Å². The van der Waals surface area contributed by atoms with Crippen LogP contribution < -0.4 is 15.6 Å². The molecule has 2 aliphatic heterocycles. The number of nitrogens with zero attached hydrogens (tertiary/aromatic N) is 2. The van der Waals surface area contributed by atoms with E-state index in [9.17, 15) is 17.6 Å². The first-order valence-corrected chi connectivity index (χ1v) is 10.3. The summed E-state index contributed by atoms with van der Waals surface area (Å²) in [6.45, 7) is 0.873. The lowest BCUT2D eigenvalue weighted by Crippen LogP contribution is -2.53. The molecule has 0 spiro atoms. The minimum atomic E-state index is -4.34. The van der Waals surface area contributed by atoms with E-state index < -0.39 is 28.5 Å². The second kappa shape index (κ2) is 7.90. The summed E-state index contributed by atoms with van der Waals surface area (Å²) in [5.74, 6) is -1.59. The monoisotopic (exact) mass is 435 g/mol.